The Bertz CT molecular complexity index is 907. The molecular weight excluding hydrogens is 302 g/mol. The molecule has 0 fully saturated rings. The number of carbonyl (C=O) groups excluding carboxylic acids is 1. The van der Waals surface area contributed by atoms with E-state index < -0.39 is 0 Å². The Morgan fingerprint density at radius 2 is 1.96 bits per heavy atom. The summed E-state index contributed by atoms with van der Waals surface area (Å²) >= 11 is 0. The number of carbonyl (C=O) groups is 1. The zero-order valence-electron chi connectivity index (χ0n) is 13.8. The van der Waals surface area contributed by atoms with Gasteiger partial charge in [0, 0.05) is 26.2 Å². The minimum atomic E-state index is 0.00836. The van der Waals surface area contributed by atoms with E-state index in [1.807, 2.05) is 30.0 Å². The summed E-state index contributed by atoms with van der Waals surface area (Å²) in [4.78, 5) is 14.8. The molecule has 0 N–H and O–H groups in total. The Morgan fingerprint density at radius 3 is 2.71 bits per heavy atom. The summed E-state index contributed by atoms with van der Waals surface area (Å²) in [6.45, 7) is 3.27. The van der Waals surface area contributed by atoms with Gasteiger partial charge in [-0.2, -0.15) is 5.10 Å². The van der Waals surface area contributed by atoms with E-state index in [0.29, 0.717) is 23.7 Å². The van der Waals surface area contributed by atoms with Crippen LogP contribution in [0.15, 0.2) is 46.9 Å². The SMILES string of the molecule is Cc1ccc(-c2cc(C(=O)N3CCc4ccccc4C3)n(C)n2)o1. The fraction of sp³-hybridized carbons (Fsp3) is 0.263. The second-order valence-electron chi connectivity index (χ2n) is 6.19. The summed E-state index contributed by atoms with van der Waals surface area (Å²) in [5.74, 6) is 1.52. The van der Waals surface area contributed by atoms with Crippen molar-refractivity contribution < 1.29 is 9.21 Å². The normalized spacial score (nSPS) is 13.8. The summed E-state index contributed by atoms with van der Waals surface area (Å²) in [6.07, 6.45) is 0.893. The largest absolute Gasteiger partial charge is 0.460 e. The van der Waals surface area contributed by atoms with Crippen LogP contribution in [0.5, 0.6) is 0 Å². The van der Waals surface area contributed by atoms with Gasteiger partial charge in [0.1, 0.15) is 17.1 Å². The monoisotopic (exact) mass is 321 g/mol. The molecule has 3 aromatic rings. The molecule has 5 nitrogen and oxygen atoms in total. The number of benzene rings is 1. The van der Waals surface area contributed by atoms with Gasteiger partial charge in [0.2, 0.25) is 0 Å². The van der Waals surface area contributed by atoms with E-state index in [9.17, 15) is 4.79 Å². The third kappa shape index (κ3) is 2.52. The van der Waals surface area contributed by atoms with Crippen LogP contribution in [0, 0.1) is 6.92 Å². The maximum absolute atomic E-state index is 12.9. The highest BCUT2D eigenvalue weighted by atomic mass is 16.3. The summed E-state index contributed by atoms with van der Waals surface area (Å²) < 4.78 is 7.24. The molecule has 1 amide bonds. The van der Waals surface area contributed by atoms with Gasteiger partial charge >= 0.3 is 0 Å². The maximum atomic E-state index is 12.9. The van der Waals surface area contributed by atoms with Crippen LogP contribution < -0.4 is 0 Å². The van der Waals surface area contributed by atoms with Gasteiger partial charge < -0.3 is 9.32 Å². The summed E-state index contributed by atoms with van der Waals surface area (Å²) in [6, 6.07) is 13.9. The van der Waals surface area contributed by atoms with Crippen molar-refractivity contribution in [3.63, 3.8) is 0 Å². The molecule has 4 rings (SSSR count). The van der Waals surface area contributed by atoms with Crippen LogP contribution in [0.3, 0.4) is 0 Å². The van der Waals surface area contributed by atoms with Crippen molar-refractivity contribution in [2.45, 2.75) is 19.9 Å². The Hall–Kier alpha value is -2.82. The maximum Gasteiger partial charge on any atom is 0.272 e. The number of amides is 1. The molecule has 0 spiro atoms. The highest BCUT2D eigenvalue weighted by molar-refractivity contribution is 5.93. The minimum Gasteiger partial charge on any atom is -0.460 e. The van der Waals surface area contributed by atoms with Crippen molar-refractivity contribution in [1.29, 1.82) is 0 Å². The van der Waals surface area contributed by atoms with Gasteiger partial charge in [0.25, 0.3) is 5.91 Å². The first-order chi connectivity index (χ1) is 11.6. The van der Waals surface area contributed by atoms with Crippen LogP contribution >= 0.6 is 0 Å². The van der Waals surface area contributed by atoms with Crippen molar-refractivity contribution in [2.24, 2.45) is 7.05 Å². The Balaban J connectivity index is 1.60. The molecule has 0 saturated heterocycles. The predicted molar refractivity (Wildman–Crippen MR) is 90.5 cm³/mol. The Labute approximate surface area is 140 Å². The number of rotatable bonds is 2. The highest BCUT2D eigenvalue weighted by Gasteiger charge is 2.24. The first kappa shape index (κ1) is 14.8. The second-order valence-corrected chi connectivity index (χ2v) is 6.19. The fourth-order valence-electron chi connectivity index (χ4n) is 3.19. The molecule has 0 unspecified atom stereocenters. The van der Waals surface area contributed by atoms with Crippen LogP contribution in [-0.2, 0) is 20.0 Å². The zero-order chi connectivity index (χ0) is 16.7. The Morgan fingerprint density at radius 1 is 1.17 bits per heavy atom. The predicted octanol–water partition coefficient (Wildman–Crippen LogP) is 3.19. The van der Waals surface area contributed by atoms with Crippen LogP contribution in [-0.4, -0.2) is 27.1 Å². The average molecular weight is 321 g/mol. The first-order valence-corrected chi connectivity index (χ1v) is 8.09. The van der Waals surface area contributed by atoms with E-state index in [-0.39, 0.29) is 5.91 Å². The van der Waals surface area contributed by atoms with Crippen molar-refractivity contribution in [2.75, 3.05) is 6.54 Å². The minimum absolute atomic E-state index is 0.00836. The van der Waals surface area contributed by atoms with E-state index in [0.717, 1.165) is 18.7 Å². The topological polar surface area (TPSA) is 51.3 Å². The van der Waals surface area contributed by atoms with Gasteiger partial charge in [-0.25, -0.2) is 0 Å². The van der Waals surface area contributed by atoms with Crippen molar-refractivity contribution >= 4 is 5.91 Å². The molecule has 24 heavy (non-hydrogen) atoms. The molecule has 0 atom stereocenters. The lowest BCUT2D eigenvalue weighted by Gasteiger charge is -2.28. The number of hydrogen-bond donors (Lipinski definition) is 0. The zero-order valence-corrected chi connectivity index (χ0v) is 13.8. The molecule has 0 aliphatic carbocycles. The van der Waals surface area contributed by atoms with Crippen LogP contribution in [0.1, 0.15) is 27.4 Å². The summed E-state index contributed by atoms with van der Waals surface area (Å²) in [5, 5.41) is 4.43. The third-order valence-electron chi connectivity index (χ3n) is 4.51. The van der Waals surface area contributed by atoms with Crippen molar-refractivity contribution in [1.82, 2.24) is 14.7 Å². The third-order valence-corrected chi connectivity index (χ3v) is 4.51. The molecule has 0 saturated carbocycles. The van der Waals surface area contributed by atoms with E-state index in [1.54, 1.807) is 17.8 Å². The van der Waals surface area contributed by atoms with Gasteiger partial charge in [0.15, 0.2) is 5.76 Å². The van der Waals surface area contributed by atoms with Crippen LogP contribution in [0.4, 0.5) is 0 Å². The van der Waals surface area contributed by atoms with Gasteiger partial charge in [-0.1, -0.05) is 24.3 Å². The summed E-state index contributed by atoms with van der Waals surface area (Å²) in [7, 11) is 1.80. The molecule has 0 bridgehead atoms. The van der Waals surface area contributed by atoms with Crippen LogP contribution in [0.2, 0.25) is 0 Å². The standard InChI is InChI=1S/C19H19N3O2/c1-13-7-8-18(24-13)16-11-17(21(2)20-16)19(23)22-10-9-14-5-3-4-6-15(14)12-22/h3-8,11H,9-10,12H2,1-2H3. The van der Waals surface area contributed by atoms with Crippen molar-refractivity contribution in [3.8, 4) is 11.5 Å². The van der Waals surface area contributed by atoms with E-state index in [1.165, 1.54) is 11.1 Å². The average Bonchev–Trinajstić information content (AvgIpc) is 3.19. The quantitative estimate of drug-likeness (QED) is 0.728. The van der Waals surface area contributed by atoms with Gasteiger partial charge in [-0.05, 0) is 36.6 Å². The number of aromatic nitrogens is 2. The lowest BCUT2D eigenvalue weighted by atomic mass is 10.00. The molecule has 0 radical (unpaired) electrons. The van der Waals surface area contributed by atoms with Crippen molar-refractivity contribution in [3.05, 3.63) is 65.0 Å². The number of furan rings is 1. The Kier molecular flexibility index (Phi) is 3.49. The van der Waals surface area contributed by atoms with Gasteiger partial charge in [-0.3, -0.25) is 9.48 Å². The molecule has 1 aliphatic rings. The van der Waals surface area contributed by atoms with E-state index in [4.69, 9.17) is 4.42 Å². The first-order valence-electron chi connectivity index (χ1n) is 8.09. The highest BCUT2D eigenvalue weighted by Crippen LogP contribution is 2.24. The van der Waals surface area contributed by atoms with E-state index >= 15 is 0 Å². The molecule has 1 aliphatic heterocycles. The van der Waals surface area contributed by atoms with E-state index in [2.05, 4.69) is 23.3 Å². The number of aryl methyl sites for hydroxylation is 2. The number of nitrogens with zero attached hydrogens (tertiary/aromatic N) is 3. The van der Waals surface area contributed by atoms with Gasteiger partial charge in [-0.15, -0.1) is 0 Å². The summed E-state index contributed by atoms with van der Waals surface area (Å²) in [5.41, 5.74) is 3.82. The second kappa shape index (κ2) is 5.67. The molecule has 3 heterocycles. The molecular formula is C19H19N3O2. The lowest BCUT2D eigenvalue weighted by molar-refractivity contribution is 0.0723. The fourth-order valence-corrected chi connectivity index (χ4v) is 3.19. The lowest BCUT2D eigenvalue weighted by Crippen LogP contribution is -2.36. The molecule has 5 heteroatoms. The number of hydrogen-bond acceptors (Lipinski definition) is 3. The number of fused-ring (bicyclic) bond motifs is 1. The molecule has 122 valence electrons. The van der Waals surface area contributed by atoms with Crippen LogP contribution in [0.25, 0.3) is 11.5 Å². The molecule has 1 aromatic carbocycles. The van der Waals surface area contributed by atoms with Gasteiger partial charge in [0.05, 0.1) is 0 Å². The molecule has 2 aromatic heterocycles. The smallest absolute Gasteiger partial charge is 0.272 e.